The number of carbonyl (C=O) groups excluding carboxylic acids is 2. The molecule has 2 heterocycles. The lowest BCUT2D eigenvalue weighted by Crippen LogP contribution is -2.38. The Labute approximate surface area is 102 Å². The Morgan fingerprint density at radius 2 is 2.29 bits per heavy atom. The normalized spacial score (nSPS) is 26.2. The summed E-state index contributed by atoms with van der Waals surface area (Å²) in [4.78, 5) is 27.2. The summed E-state index contributed by atoms with van der Waals surface area (Å²) in [5, 5.41) is 3.26. The first-order valence-corrected chi connectivity index (χ1v) is 6.39. The van der Waals surface area contributed by atoms with Crippen LogP contribution in [-0.2, 0) is 9.59 Å². The summed E-state index contributed by atoms with van der Waals surface area (Å²) in [6.07, 6.45) is 2.55. The number of likely N-dealkylation sites (N-methyl/N-ethyl adjacent to an activating group) is 1. The lowest BCUT2D eigenvalue weighted by Gasteiger charge is -2.21. The number of amides is 2. The minimum atomic E-state index is 0.0559. The van der Waals surface area contributed by atoms with Crippen LogP contribution in [-0.4, -0.2) is 61.4 Å². The second-order valence-electron chi connectivity index (χ2n) is 5.05. The molecule has 0 saturated carbocycles. The molecule has 2 fully saturated rings. The Morgan fingerprint density at radius 1 is 1.47 bits per heavy atom. The van der Waals surface area contributed by atoms with Crippen molar-refractivity contribution in [1.82, 2.24) is 15.1 Å². The van der Waals surface area contributed by atoms with E-state index in [1.165, 1.54) is 0 Å². The first-order valence-electron chi connectivity index (χ1n) is 6.39. The average molecular weight is 239 g/mol. The molecule has 0 radical (unpaired) electrons. The highest BCUT2D eigenvalue weighted by Gasteiger charge is 2.25. The van der Waals surface area contributed by atoms with E-state index in [0.717, 1.165) is 39.0 Å². The highest BCUT2D eigenvalue weighted by Crippen LogP contribution is 2.15. The predicted octanol–water partition coefficient (Wildman–Crippen LogP) is -0.323. The van der Waals surface area contributed by atoms with Gasteiger partial charge in [0.1, 0.15) is 0 Å². The topological polar surface area (TPSA) is 52.6 Å². The van der Waals surface area contributed by atoms with E-state index < -0.39 is 0 Å². The van der Waals surface area contributed by atoms with Crippen LogP contribution in [0.15, 0.2) is 0 Å². The Hall–Kier alpha value is -1.10. The number of rotatable bonds is 2. The Morgan fingerprint density at radius 3 is 3.00 bits per heavy atom. The van der Waals surface area contributed by atoms with Crippen molar-refractivity contribution < 1.29 is 9.59 Å². The third-order valence-corrected chi connectivity index (χ3v) is 3.65. The zero-order valence-electron chi connectivity index (χ0n) is 10.4. The average Bonchev–Trinajstić information content (AvgIpc) is 2.73. The van der Waals surface area contributed by atoms with Crippen LogP contribution in [0.2, 0.25) is 0 Å². The van der Waals surface area contributed by atoms with Gasteiger partial charge in [0, 0.05) is 26.6 Å². The summed E-state index contributed by atoms with van der Waals surface area (Å²) in [7, 11) is 1.80. The molecule has 5 heteroatoms. The highest BCUT2D eigenvalue weighted by molar-refractivity contribution is 5.85. The second-order valence-corrected chi connectivity index (χ2v) is 5.05. The Bertz CT molecular complexity index is 300. The standard InChI is InChI=1S/C12H21N3O2/c1-14-5-2-6-15(9-12(14)17)11(16)7-10-3-4-13-8-10/h10,13H,2-9H2,1H3. The number of hydrogen-bond donors (Lipinski definition) is 1. The van der Waals surface area contributed by atoms with Gasteiger partial charge in [-0.15, -0.1) is 0 Å². The minimum absolute atomic E-state index is 0.0559. The molecule has 96 valence electrons. The molecule has 1 atom stereocenters. The maximum Gasteiger partial charge on any atom is 0.241 e. The fourth-order valence-electron chi connectivity index (χ4n) is 2.46. The van der Waals surface area contributed by atoms with Crippen LogP contribution in [0.5, 0.6) is 0 Å². The molecule has 0 aliphatic carbocycles. The van der Waals surface area contributed by atoms with Gasteiger partial charge < -0.3 is 15.1 Å². The van der Waals surface area contributed by atoms with Crippen molar-refractivity contribution in [3.05, 3.63) is 0 Å². The van der Waals surface area contributed by atoms with Crippen LogP contribution in [0.4, 0.5) is 0 Å². The second kappa shape index (κ2) is 5.49. The van der Waals surface area contributed by atoms with Crippen molar-refractivity contribution in [2.75, 3.05) is 39.8 Å². The van der Waals surface area contributed by atoms with Gasteiger partial charge in [-0.25, -0.2) is 0 Å². The molecule has 5 nitrogen and oxygen atoms in total. The van der Waals surface area contributed by atoms with Gasteiger partial charge in [0.2, 0.25) is 11.8 Å². The molecule has 0 bridgehead atoms. The minimum Gasteiger partial charge on any atom is -0.344 e. The lowest BCUT2D eigenvalue weighted by atomic mass is 10.0. The summed E-state index contributed by atoms with van der Waals surface area (Å²) < 4.78 is 0. The van der Waals surface area contributed by atoms with Gasteiger partial charge in [0.25, 0.3) is 0 Å². The molecule has 17 heavy (non-hydrogen) atoms. The van der Waals surface area contributed by atoms with Crippen molar-refractivity contribution in [2.24, 2.45) is 5.92 Å². The largest absolute Gasteiger partial charge is 0.344 e. The van der Waals surface area contributed by atoms with Gasteiger partial charge in [-0.3, -0.25) is 9.59 Å². The highest BCUT2D eigenvalue weighted by atomic mass is 16.2. The summed E-state index contributed by atoms with van der Waals surface area (Å²) in [5.41, 5.74) is 0. The smallest absolute Gasteiger partial charge is 0.241 e. The molecule has 0 aromatic heterocycles. The molecular weight excluding hydrogens is 218 g/mol. The van der Waals surface area contributed by atoms with Gasteiger partial charge >= 0.3 is 0 Å². The molecule has 0 aromatic rings. The van der Waals surface area contributed by atoms with Gasteiger partial charge in [0.15, 0.2) is 0 Å². The Kier molecular flexibility index (Phi) is 3.99. The zero-order valence-corrected chi connectivity index (χ0v) is 10.4. The quantitative estimate of drug-likeness (QED) is 0.718. The number of nitrogens with zero attached hydrogens (tertiary/aromatic N) is 2. The van der Waals surface area contributed by atoms with Gasteiger partial charge in [0.05, 0.1) is 6.54 Å². The van der Waals surface area contributed by atoms with Crippen LogP contribution >= 0.6 is 0 Å². The van der Waals surface area contributed by atoms with E-state index in [1.54, 1.807) is 16.8 Å². The van der Waals surface area contributed by atoms with Crippen molar-refractivity contribution in [3.8, 4) is 0 Å². The molecule has 2 rings (SSSR count). The first kappa shape index (κ1) is 12.4. The van der Waals surface area contributed by atoms with Crippen LogP contribution in [0.25, 0.3) is 0 Å². The summed E-state index contributed by atoms with van der Waals surface area (Å²) in [5.74, 6) is 0.654. The molecule has 2 amide bonds. The van der Waals surface area contributed by atoms with E-state index in [4.69, 9.17) is 0 Å². The molecule has 2 saturated heterocycles. The van der Waals surface area contributed by atoms with Gasteiger partial charge in [-0.05, 0) is 31.8 Å². The van der Waals surface area contributed by atoms with E-state index >= 15 is 0 Å². The third-order valence-electron chi connectivity index (χ3n) is 3.65. The lowest BCUT2D eigenvalue weighted by molar-refractivity contribution is -0.138. The molecule has 1 N–H and O–H groups in total. The fraction of sp³-hybridized carbons (Fsp3) is 0.833. The fourth-order valence-corrected chi connectivity index (χ4v) is 2.46. The first-order chi connectivity index (χ1) is 8.16. The van der Waals surface area contributed by atoms with Crippen molar-refractivity contribution in [1.29, 1.82) is 0 Å². The van der Waals surface area contributed by atoms with Crippen LogP contribution in [0, 0.1) is 5.92 Å². The van der Waals surface area contributed by atoms with E-state index in [9.17, 15) is 9.59 Å². The third kappa shape index (κ3) is 3.19. The number of nitrogens with one attached hydrogen (secondary N) is 1. The predicted molar refractivity (Wildman–Crippen MR) is 64.4 cm³/mol. The molecule has 2 aliphatic rings. The van der Waals surface area contributed by atoms with Crippen LogP contribution in [0.3, 0.4) is 0 Å². The molecular formula is C12H21N3O2. The maximum absolute atomic E-state index is 12.1. The van der Waals surface area contributed by atoms with Crippen molar-refractivity contribution >= 4 is 11.8 Å². The zero-order chi connectivity index (χ0) is 12.3. The van der Waals surface area contributed by atoms with E-state index in [-0.39, 0.29) is 18.4 Å². The van der Waals surface area contributed by atoms with Gasteiger partial charge in [-0.2, -0.15) is 0 Å². The SMILES string of the molecule is CN1CCCN(C(=O)CC2CCNC2)CC1=O. The van der Waals surface area contributed by atoms with E-state index in [2.05, 4.69) is 5.32 Å². The molecule has 0 aromatic carbocycles. The number of carbonyl (C=O) groups is 2. The van der Waals surface area contributed by atoms with E-state index in [0.29, 0.717) is 12.3 Å². The van der Waals surface area contributed by atoms with Crippen molar-refractivity contribution in [3.63, 3.8) is 0 Å². The van der Waals surface area contributed by atoms with E-state index in [1.807, 2.05) is 0 Å². The van der Waals surface area contributed by atoms with Crippen LogP contribution in [0.1, 0.15) is 19.3 Å². The summed E-state index contributed by atoms with van der Waals surface area (Å²) in [6, 6.07) is 0. The Balaban J connectivity index is 1.87. The molecule has 1 unspecified atom stereocenters. The van der Waals surface area contributed by atoms with Gasteiger partial charge in [-0.1, -0.05) is 0 Å². The van der Waals surface area contributed by atoms with Crippen LogP contribution < -0.4 is 5.32 Å². The maximum atomic E-state index is 12.1. The molecule has 2 aliphatic heterocycles. The summed E-state index contributed by atoms with van der Waals surface area (Å²) >= 11 is 0. The summed E-state index contributed by atoms with van der Waals surface area (Å²) in [6.45, 7) is 3.69. The monoisotopic (exact) mass is 239 g/mol. The molecule has 0 spiro atoms. The van der Waals surface area contributed by atoms with Crippen molar-refractivity contribution in [2.45, 2.75) is 19.3 Å². The number of hydrogen-bond acceptors (Lipinski definition) is 3.